The van der Waals surface area contributed by atoms with Crippen molar-refractivity contribution < 1.29 is 14.5 Å². The van der Waals surface area contributed by atoms with Crippen LogP contribution in [0, 0.1) is 24.0 Å². The fourth-order valence-corrected chi connectivity index (χ4v) is 4.37. The topological polar surface area (TPSA) is 98.3 Å². The first-order valence-corrected chi connectivity index (χ1v) is 10.2. The number of thioether (sulfide) groups is 1. The molecule has 0 unspecified atom stereocenters. The molecular formula is C22H18N4O4S. The van der Waals surface area contributed by atoms with Crippen molar-refractivity contribution in [2.75, 3.05) is 0 Å². The van der Waals surface area contributed by atoms with Crippen molar-refractivity contribution in [2.45, 2.75) is 20.4 Å². The number of nitrogens with zero attached hydrogens (tertiary/aromatic N) is 4. The quantitative estimate of drug-likeness (QED) is 0.330. The van der Waals surface area contributed by atoms with Gasteiger partial charge in [-0.3, -0.25) is 29.6 Å². The smallest absolute Gasteiger partial charge is 0.293 e. The first-order valence-electron chi connectivity index (χ1n) is 9.43. The largest absolute Gasteiger partial charge is 0.316 e. The van der Waals surface area contributed by atoms with E-state index in [1.54, 1.807) is 24.5 Å². The Labute approximate surface area is 182 Å². The average molecular weight is 434 g/mol. The fraction of sp³-hybridized carbons (Fsp3) is 0.136. The molecule has 0 spiro atoms. The number of amides is 2. The Morgan fingerprint density at radius 3 is 2.68 bits per heavy atom. The zero-order valence-electron chi connectivity index (χ0n) is 16.8. The molecule has 4 rings (SSSR count). The van der Waals surface area contributed by atoms with Crippen molar-refractivity contribution in [2.24, 2.45) is 0 Å². The Kier molecular flexibility index (Phi) is 5.43. The number of hydrogen-bond acceptors (Lipinski definition) is 6. The fourth-order valence-electron chi connectivity index (χ4n) is 3.55. The Balaban J connectivity index is 1.61. The van der Waals surface area contributed by atoms with Crippen LogP contribution in [0.15, 0.2) is 59.8 Å². The van der Waals surface area contributed by atoms with E-state index in [1.807, 2.05) is 36.6 Å². The predicted octanol–water partition coefficient (Wildman–Crippen LogP) is 4.63. The highest BCUT2D eigenvalue weighted by atomic mass is 32.2. The van der Waals surface area contributed by atoms with Crippen LogP contribution in [0.4, 0.5) is 10.5 Å². The van der Waals surface area contributed by atoms with Gasteiger partial charge in [-0.2, -0.15) is 0 Å². The van der Waals surface area contributed by atoms with E-state index in [0.29, 0.717) is 10.5 Å². The van der Waals surface area contributed by atoms with Gasteiger partial charge in [0.15, 0.2) is 0 Å². The maximum absolute atomic E-state index is 12.9. The number of pyridine rings is 1. The molecule has 1 saturated heterocycles. The summed E-state index contributed by atoms with van der Waals surface area (Å²) < 4.78 is 2.03. The first-order chi connectivity index (χ1) is 14.8. The number of hydrogen-bond donors (Lipinski definition) is 0. The number of aromatic nitrogens is 2. The van der Waals surface area contributed by atoms with Gasteiger partial charge in [-0.15, -0.1) is 0 Å². The Morgan fingerprint density at radius 2 is 1.97 bits per heavy atom. The van der Waals surface area contributed by atoms with Crippen molar-refractivity contribution in [1.82, 2.24) is 14.5 Å². The summed E-state index contributed by atoms with van der Waals surface area (Å²) in [6.45, 7) is 3.89. The first kappa shape index (κ1) is 20.5. The molecule has 31 heavy (non-hydrogen) atoms. The molecule has 1 aliphatic heterocycles. The number of nitro groups is 1. The Morgan fingerprint density at radius 1 is 1.16 bits per heavy atom. The van der Waals surface area contributed by atoms with Gasteiger partial charge in [0.05, 0.1) is 28.3 Å². The number of nitro benzene ring substituents is 1. The van der Waals surface area contributed by atoms with E-state index >= 15 is 0 Å². The summed E-state index contributed by atoms with van der Waals surface area (Å²) >= 11 is 0.869. The number of non-ortho nitro benzene ring substituents is 1. The molecule has 3 aromatic rings. The highest BCUT2D eigenvalue weighted by Crippen LogP contribution is 2.35. The molecule has 0 atom stereocenters. The summed E-state index contributed by atoms with van der Waals surface area (Å²) in [4.78, 5) is 41.4. The van der Waals surface area contributed by atoms with Crippen LogP contribution in [-0.4, -0.2) is 30.5 Å². The molecule has 2 amide bonds. The molecular weight excluding hydrogens is 416 g/mol. The number of imide groups is 1. The van der Waals surface area contributed by atoms with Gasteiger partial charge in [0.25, 0.3) is 16.8 Å². The lowest BCUT2D eigenvalue weighted by atomic mass is 10.2. The molecule has 1 aliphatic rings. The van der Waals surface area contributed by atoms with Crippen LogP contribution in [0.5, 0.6) is 0 Å². The molecule has 0 saturated carbocycles. The summed E-state index contributed by atoms with van der Waals surface area (Å²) in [7, 11) is 0. The molecule has 1 fully saturated rings. The minimum atomic E-state index is -0.505. The summed E-state index contributed by atoms with van der Waals surface area (Å²) in [5, 5.41) is 10.6. The van der Waals surface area contributed by atoms with Crippen molar-refractivity contribution >= 4 is 34.7 Å². The van der Waals surface area contributed by atoms with E-state index in [9.17, 15) is 19.7 Å². The molecule has 0 aliphatic carbocycles. The minimum absolute atomic E-state index is 0.0155. The standard InChI is InChI=1S/C22H18N4O4S/c1-14-9-17(15(2)25(14)19-7-4-8-23-12-19)11-20-21(27)24(22(28)31-20)13-16-5-3-6-18(10-16)26(29)30/h3-12H,13H2,1-2H3/b20-11-. The second-order valence-electron chi connectivity index (χ2n) is 7.07. The van der Waals surface area contributed by atoms with Crippen LogP contribution in [-0.2, 0) is 11.3 Å². The lowest BCUT2D eigenvalue weighted by Gasteiger charge is -2.12. The van der Waals surface area contributed by atoms with E-state index in [4.69, 9.17) is 0 Å². The molecule has 0 bridgehead atoms. The third-order valence-corrected chi connectivity index (χ3v) is 5.90. The second-order valence-corrected chi connectivity index (χ2v) is 8.06. The third-order valence-electron chi connectivity index (χ3n) is 5.00. The van der Waals surface area contributed by atoms with Gasteiger partial charge in [-0.1, -0.05) is 12.1 Å². The summed E-state index contributed by atoms with van der Waals surface area (Å²) in [5.74, 6) is -0.410. The van der Waals surface area contributed by atoms with Crippen molar-refractivity contribution in [3.05, 3.63) is 92.4 Å². The summed E-state index contributed by atoms with van der Waals surface area (Å²) in [6.07, 6.45) is 5.18. The molecule has 0 radical (unpaired) electrons. The zero-order valence-corrected chi connectivity index (χ0v) is 17.6. The van der Waals surface area contributed by atoms with Gasteiger partial charge in [-0.05, 0) is 61.0 Å². The van der Waals surface area contributed by atoms with Crippen molar-refractivity contribution in [3.63, 3.8) is 0 Å². The van der Waals surface area contributed by atoms with Gasteiger partial charge >= 0.3 is 0 Å². The van der Waals surface area contributed by atoms with E-state index in [-0.39, 0.29) is 12.2 Å². The Hall–Kier alpha value is -3.72. The van der Waals surface area contributed by atoms with Crippen LogP contribution >= 0.6 is 11.8 Å². The van der Waals surface area contributed by atoms with Gasteiger partial charge in [0, 0.05) is 29.7 Å². The maximum Gasteiger partial charge on any atom is 0.293 e. The molecule has 8 nitrogen and oxygen atoms in total. The van der Waals surface area contributed by atoms with Crippen molar-refractivity contribution in [3.8, 4) is 5.69 Å². The average Bonchev–Trinajstić information content (AvgIpc) is 3.18. The molecule has 1 aromatic carbocycles. The normalized spacial score (nSPS) is 15.2. The van der Waals surface area contributed by atoms with Crippen molar-refractivity contribution in [1.29, 1.82) is 0 Å². The minimum Gasteiger partial charge on any atom is -0.316 e. The molecule has 0 N–H and O–H groups in total. The number of carbonyl (C=O) groups is 2. The lowest BCUT2D eigenvalue weighted by Crippen LogP contribution is -2.27. The SMILES string of the molecule is Cc1cc(/C=C2\SC(=O)N(Cc3cccc([N+](=O)[O-])c3)C2=O)c(C)n1-c1cccnc1. The maximum atomic E-state index is 12.9. The second kappa shape index (κ2) is 8.19. The molecule has 156 valence electrons. The van der Waals surface area contributed by atoms with Gasteiger partial charge in [-0.25, -0.2) is 0 Å². The number of rotatable bonds is 5. The van der Waals surface area contributed by atoms with E-state index in [0.717, 1.165) is 39.3 Å². The monoisotopic (exact) mass is 434 g/mol. The molecule has 3 heterocycles. The molecule has 2 aromatic heterocycles. The Bertz CT molecular complexity index is 1230. The van der Waals surface area contributed by atoms with Crippen LogP contribution < -0.4 is 0 Å². The van der Waals surface area contributed by atoms with Crippen LogP contribution in [0.2, 0.25) is 0 Å². The van der Waals surface area contributed by atoms with Gasteiger partial charge < -0.3 is 4.57 Å². The summed E-state index contributed by atoms with van der Waals surface area (Å²) in [5.41, 5.74) is 4.09. The zero-order chi connectivity index (χ0) is 22.1. The van der Waals surface area contributed by atoms with Crippen LogP contribution in [0.3, 0.4) is 0 Å². The highest BCUT2D eigenvalue weighted by Gasteiger charge is 2.35. The predicted molar refractivity (Wildman–Crippen MR) is 118 cm³/mol. The van der Waals surface area contributed by atoms with Gasteiger partial charge in [0.2, 0.25) is 0 Å². The van der Waals surface area contributed by atoms with E-state index < -0.39 is 16.1 Å². The van der Waals surface area contributed by atoms with E-state index in [2.05, 4.69) is 4.98 Å². The lowest BCUT2D eigenvalue weighted by molar-refractivity contribution is -0.384. The number of aryl methyl sites for hydroxylation is 1. The van der Waals surface area contributed by atoms with Gasteiger partial charge in [0.1, 0.15) is 0 Å². The van der Waals surface area contributed by atoms with Crippen LogP contribution in [0.25, 0.3) is 11.8 Å². The van der Waals surface area contributed by atoms with E-state index in [1.165, 1.54) is 18.2 Å². The highest BCUT2D eigenvalue weighted by molar-refractivity contribution is 8.18. The number of carbonyl (C=O) groups excluding carboxylic acids is 2. The third kappa shape index (κ3) is 3.99. The number of benzene rings is 1. The molecule has 9 heteroatoms. The summed E-state index contributed by atoms with van der Waals surface area (Å²) in [6, 6.07) is 11.7. The van der Waals surface area contributed by atoms with Crippen LogP contribution in [0.1, 0.15) is 22.5 Å².